The molecule has 0 spiro atoms. The van der Waals surface area contributed by atoms with Crippen molar-refractivity contribution in [3.05, 3.63) is 46.7 Å². The number of aromatic nitrogens is 1. The fourth-order valence-corrected chi connectivity index (χ4v) is 2.24. The van der Waals surface area contributed by atoms with Crippen LogP contribution in [0.3, 0.4) is 0 Å². The molecule has 2 rings (SSSR count). The predicted molar refractivity (Wildman–Crippen MR) is 86.9 cm³/mol. The van der Waals surface area contributed by atoms with Crippen LogP contribution in [0.2, 0.25) is 5.15 Å². The van der Waals surface area contributed by atoms with E-state index in [1.54, 1.807) is 18.2 Å². The number of Topliss-reactive ketones (excluding diaryl/α,β-unsaturated/α-hetero) is 1. The second-order valence-electron chi connectivity index (χ2n) is 4.61. The molecule has 7 heteroatoms. The average Bonchev–Trinajstić information content (AvgIpc) is 2.53. The summed E-state index contributed by atoms with van der Waals surface area (Å²) in [7, 11) is 2.73. The minimum Gasteiger partial charge on any atom is -0.494 e. The van der Waals surface area contributed by atoms with E-state index in [0.29, 0.717) is 22.7 Å². The van der Waals surface area contributed by atoms with Crippen LogP contribution in [-0.2, 0) is 4.74 Å². The number of halogens is 1. The van der Waals surface area contributed by atoms with Crippen molar-refractivity contribution in [3.8, 4) is 5.75 Å². The van der Waals surface area contributed by atoms with Crippen LogP contribution >= 0.6 is 11.6 Å². The normalized spacial score (nSPS) is 10.1. The maximum absolute atomic E-state index is 11.8. The summed E-state index contributed by atoms with van der Waals surface area (Å²) in [6.07, 6.45) is 1.39. The number of ketones is 1. The number of benzene rings is 1. The molecule has 1 aromatic carbocycles. The van der Waals surface area contributed by atoms with Crippen molar-refractivity contribution in [2.45, 2.75) is 6.92 Å². The Labute approximate surface area is 138 Å². The number of esters is 1. The fraction of sp³-hybridized carbons (Fsp3) is 0.188. The van der Waals surface area contributed by atoms with E-state index in [0.717, 1.165) is 0 Å². The van der Waals surface area contributed by atoms with Gasteiger partial charge in [0.25, 0.3) is 0 Å². The van der Waals surface area contributed by atoms with Crippen molar-refractivity contribution in [1.29, 1.82) is 0 Å². The van der Waals surface area contributed by atoms with Crippen LogP contribution in [0.1, 0.15) is 27.6 Å². The number of hydrogen-bond acceptors (Lipinski definition) is 6. The van der Waals surface area contributed by atoms with Gasteiger partial charge in [-0.3, -0.25) is 4.79 Å². The smallest absolute Gasteiger partial charge is 0.341 e. The van der Waals surface area contributed by atoms with Crippen LogP contribution in [0.5, 0.6) is 5.75 Å². The van der Waals surface area contributed by atoms with Crippen LogP contribution in [0.25, 0.3) is 0 Å². The van der Waals surface area contributed by atoms with Gasteiger partial charge < -0.3 is 14.8 Å². The van der Waals surface area contributed by atoms with Gasteiger partial charge in [0.05, 0.1) is 31.2 Å². The number of methoxy groups -OCH3 is 2. The lowest BCUT2D eigenvalue weighted by atomic mass is 10.1. The van der Waals surface area contributed by atoms with E-state index in [2.05, 4.69) is 10.3 Å². The van der Waals surface area contributed by atoms with E-state index in [-0.39, 0.29) is 16.5 Å². The van der Waals surface area contributed by atoms with Gasteiger partial charge in [-0.1, -0.05) is 17.7 Å². The molecule has 0 unspecified atom stereocenters. The molecule has 0 atom stereocenters. The summed E-state index contributed by atoms with van der Waals surface area (Å²) in [6, 6.07) is 6.50. The van der Waals surface area contributed by atoms with Gasteiger partial charge in [0.15, 0.2) is 11.5 Å². The zero-order valence-corrected chi connectivity index (χ0v) is 13.6. The zero-order valence-electron chi connectivity index (χ0n) is 12.8. The Morgan fingerprint density at radius 3 is 2.52 bits per heavy atom. The van der Waals surface area contributed by atoms with Gasteiger partial charge >= 0.3 is 5.97 Å². The summed E-state index contributed by atoms with van der Waals surface area (Å²) in [4.78, 5) is 27.4. The van der Waals surface area contributed by atoms with E-state index >= 15 is 0 Å². The van der Waals surface area contributed by atoms with Gasteiger partial charge in [0.2, 0.25) is 0 Å². The molecule has 0 bridgehead atoms. The van der Waals surface area contributed by atoms with Gasteiger partial charge in [-0.25, -0.2) is 9.78 Å². The second kappa shape index (κ2) is 7.11. The summed E-state index contributed by atoms with van der Waals surface area (Å²) in [5.74, 6) is -0.383. The number of nitrogens with zero attached hydrogens (tertiary/aromatic N) is 1. The summed E-state index contributed by atoms with van der Waals surface area (Å²) in [5.41, 5.74) is 1.61. The standard InChI is InChI=1S/C16H15ClN2O4/c1-9(20)11-8-18-14(17)7-13(11)19-12-6-4-5-10(15(12)22-2)16(21)23-3/h4-8H,1-3H3,(H,18,19). The second-order valence-corrected chi connectivity index (χ2v) is 5.00. The van der Waals surface area contributed by atoms with E-state index in [4.69, 9.17) is 21.1 Å². The molecular formula is C16H15ClN2O4. The number of carbonyl (C=O) groups excluding carboxylic acids is 2. The van der Waals surface area contributed by atoms with Crippen molar-refractivity contribution in [2.24, 2.45) is 0 Å². The average molecular weight is 335 g/mol. The lowest BCUT2D eigenvalue weighted by Gasteiger charge is -2.15. The first-order valence-corrected chi connectivity index (χ1v) is 7.04. The predicted octanol–water partition coefficient (Wildman–Crippen LogP) is 3.48. The first-order chi connectivity index (χ1) is 11.0. The van der Waals surface area contributed by atoms with Gasteiger partial charge in [-0.05, 0) is 25.1 Å². The van der Waals surface area contributed by atoms with Gasteiger partial charge in [-0.2, -0.15) is 0 Å². The maximum atomic E-state index is 11.8. The topological polar surface area (TPSA) is 77.5 Å². The van der Waals surface area contributed by atoms with Gasteiger partial charge in [-0.15, -0.1) is 0 Å². The number of carbonyl (C=O) groups is 2. The summed E-state index contributed by atoms with van der Waals surface area (Å²) in [6.45, 7) is 1.43. The Morgan fingerprint density at radius 2 is 1.91 bits per heavy atom. The molecule has 2 aromatic rings. The summed E-state index contributed by atoms with van der Waals surface area (Å²) in [5, 5.41) is 3.29. The number of pyridine rings is 1. The third-order valence-electron chi connectivity index (χ3n) is 3.14. The zero-order chi connectivity index (χ0) is 17.0. The van der Waals surface area contributed by atoms with Crippen LogP contribution in [0.15, 0.2) is 30.5 Å². The molecule has 0 fully saturated rings. The number of rotatable bonds is 5. The SMILES string of the molecule is COC(=O)c1cccc(Nc2cc(Cl)ncc2C(C)=O)c1OC. The largest absolute Gasteiger partial charge is 0.494 e. The number of nitrogens with one attached hydrogen (secondary N) is 1. The quantitative estimate of drug-likeness (QED) is 0.512. The van der Waals surface area contributed by atoms with Crippen molar-refractivity contribution in [3.63, 3.8) is 0 Å². The fourth-order valence-electron chi connectivity index (χ4n) is 2.08. The summed E-state index contributed by atoms with van der Waals surface area (Å²) >= 11 is 5.90. The molecule has 0 aliphatic heterocycles. The van der Waals surface area contributed by atoms with Crippen molar-refractivity contribution in [2.75, 3.05) is 19.5 Å². The third kappa shape index (κ3) is 3.60. The highest BCUT2D eigenvalue weighted by Crippen LogP contribution is 2.33. The van der Waals surface area contributed by atoms with Crippen LogP contribution < -0.4 is 10.1 Å². The number of hydrogen-bond donors (Lipinski definition) is 1. The van der Waals surface area contributed by atoms with Crippen molar-refractivity contribution < 1.29 is 19.1 Å². The molecule has 120 valence electrons. The highest BCUT2D eigenvalue weighted by atomic mass is 35.5. The Balaban J connectivity index is 2.51. The monoisotopic (exact) mass is 334 g/mol. The Bertz CT molecular complexity index is 762. The lowest BCUT2D eigenvalue weighted by Crippen LogP contribution is -2.07. The van der Waals surface area contributed by atoms with E-state index in [1.165, 1.54) is 33.4 Å². The first kappa shape index (κ1) is 16.8. The summed E-state index contributed by atoms with van der Waals surface area (Å²) < 4.78 is 10.0. The first-order valence-electron chi connectivity index (χ1n) is 6.66. The Morgan fingerprint density at radius 1 is 1.17 bits per heavy atom. The Kier molecular flexibility index (Phi) is 5.18. The molecule has 0 amide bonds. The highest BCUT2D eigenvalue weighted by Gasteiger charge is 2.18. The Hall–Kier alpha value is -2.60. The highest BCUT2D eigenvalue weighted by molar-refractivity contribution is 6.29. The van der Waals surface area contributed by atoms with Crippen molar-refractivity contribution in [1.82, 2.24) is 4.98 Å². The maximum Gasteiger partial charge on any atom is 0.341 e. The number of anilines is 2. The van der Waals surface area contributed by atoms with E-state index in [1.807, 2.05) is 0 Å². The van der Waals surface area contributed by atoms with Crippen LogP contribution in [0.4, 0.5) is 11.4 Å². The molecule has 0 aliphatic rings. The molecule has 1 N–H and O–H groups in total. The van der Waals surface area contributed by atoms with E-state index < -0.39 is 5.97 Å². The van der Waals surface area contributed by atoms with Gasteiger partial charge in [0.1, 0.15) is 10.7 Å². The minimum absolute atomic E-state index is 0.167. The van der Waals surface area contributed by atoms with Crippen LogP contribution in [0, 0.1) is 0 Å². The molecule has 0 aliphatic carbocycles. The number of ether oxygens (including phenoxy) is 2. The number of para-hydroxylation sites is 1. The molecular weight excluding hydrogens is 320 g/mol. The molecule has 6 nitrogen and oxygen atoms in total. The molecule has 0 saturated carbocycles. The molecule has 1 heterocycles. The van der Waals surface area contributed by atoms with E-state index in [9.17, 15) is 9.59 Å². The third-order valence-corrected chi connectivity index (χ3v) is 3.35. The van der Waals surface area contributed by atoms with Crippen molar-refractivity contribution >= 4 is 34.7 Å². The molecule has 23 heavy (non-hydrogen) atoms. The lowest BCUT2D eigenvalue weighted by molar-refractivity contribution is 0.0597. The molecule has 0 radical (unpaired) electrons. The van der Waals surface area contributed by atoms with Crippen LogP contribution in [-0.4, -0.2) is 31.0 Å². The molecule has 0 saturated heterocycles. The minimum atomic E-state index is -0.523. The van der Waals surface area contributed by atoms with Gasteiger partial charge in [0, 0.05) is 6.20 Å². The molecule has 1 aromatic heterocycles.